The van der Waals surface area contributed by atoms with Gasteiger partial charge in [-0.05, 0) is 43.9 Å². The van der Waals surface area contributed by atoms with Gasteiger partial charge in [0.25, 0.3) is 0 Å². The summed E-state index contributed by atoms with van der Waals surface area (Å²) in [6.45, 7) is 5.63. The number of ether oxygens (including phenoxy) is 1. The molecule has 4 heteroatoms. The van der Waals surface area contributed by atoms with Gasteiger partial charge in [-0.2, -0.15) is 0 Å². The molecule has 0 aromatic heterocycles. The average molecular weight is 302 g/mol. The average Bonchev–Trinajstić information content (AvgIpc) is 3.36. The summed E-state index contributed by atoms with van der Waals surface area (Å²) in [5.74, 6) is 1.99. The van der Waals surface area contributed by atoms with Gasteiger partial charge in [0, 0.05) is 26.2 Å². The Bertz CT molecular complexity index is 473. The maximum Gasteiger partial charge on any atom is 0.226 e. The van der Waals surface area contributed by atoms with Crippen molar-refractivity contribution in [3.05, 3.63) is 30.3 Å². The highest BCUT2D eigenvalue weighted by Crippen LogP contribution is 2.29. The maximum atomic E-state index is 12.3. The molecule has 2 fully saturated rings. The Balaban J connectivity index is 1.38. The molecule has 0 unspecified atom stereocenters. The van der Waals surface area contributed by atoms with Crippen molar-refractivity contribution in [3.63, 3.8) is 0 Å². The molecule has 1 saturated carbocycles. The molecular formula is C18H26N2O2. The number of hydrogen-bond acceptors (Lipinski definition) is 3. The van der Waals surface area contributed by atoms with Gasteiger partial charge < -0.3 is 14.5 Å². The van der Waals surface area contributed by atoms with Crippen LogP contribution in [0.4, 0.5) is 0 Å². The lowest BCUT2D eigenvalue weighted by Crippen LogP contribution is -2.36. The number of rotatable bonds is 6. The Morgan fingerprint density at radius 2 is 1.91 bits per heavy atom. The topological polar surface area (TPSA) is 32.8 Å². The zero-order chi connectivity index (χ0) is 15.2. The van der Waals surface area contributed by atoms with Crippen molar-refractivity contribution in [1.29, 1.82) is 0 Å². The Morgan fingerprint density at radius 3 is 2.68 bits per heavy atom. The highest BCUT2D eigenvalue weighted by molar-refractivity contribution is 5.76. The van der Waals surface area contributed by atoms with Gasteiger partial charge in [-0.25, -0.2) is 0 Å². The molecule has 1 aromatic carbocycles. The molecule has 120 valence electrons. The second-order valence-electron chi connectivity index (χ2n) is 6.39. The summed E-state index contributed by atoms with van der Waals surface area (Å²) >= 11 is 0. The van der Waals surface area contributed by atoms with E-state index < -0.39 is 0 Å². The summed E-state index contributed by atoms with van der Waals surface area (Å²) in [5.41, 5.74) is 0. The first kappa shape index (κ1) is 15.3. The number of para-hydroxylation sites is 1. The first-order valence-electron chi connectivity index (χ1n) is 8.49. The van der Waals surface area contributed by atoms with Crippen LogP contribution in [0.1, 0.15) is 25.7 Å². The van der Waals surface area contributed by atoms with Crippen molar-refractivity contribution in [3.8, 4) is 5.75 Å². The van der Waals surface area contributed by atoms with Crippen LogP contribution in [0.5, 0.6) is 5.75 Å². The summed E-state index contributed by atoms with van der Waals surface area (Å²) in [4.78, 5) is 16.9. The number of hydrogen-bond donors (Lipinski definition) is 0. The molecule has 0 atom stereocenters. The van der Waals surface area contributed by atoms with Crippen LogP contribution in [0.2, 0.25) is 0 Å². The Labute approximate surface area is 133 Å². The number of benzene rings is 1. The monoisotopic (exact) mass is 302 g/mol. The summed E-state index contributed by atoms with van der Waals surface area (Å²) in [6, 6.07) is 9.70. The van der Waals surface area contributed by atoms with E-state index in [9.17, 15) is 4.79 Å². The minimum absolute atomic E-state index is 0.226. The van der Waals surface area contributed by atoms with E-state index in [1.165, 1.54) is 19.4 Å². The van der Waals surface area contributed by atoms with Gasteiger partial charge in [0.2, 0.25) is 5.91 Å². The standard InChI is InChI=1S/C18H26N2O2/c21-18(9-14-22-17-5-2-1-3-6-17)20-11-4-10-19(12-13-20)15-16-7-8-16/h1-3,5-6,16H,4,7-15H2. The number of nitrogens with zero attached hydrogens (tertiary/aromatic N) is 2. The van der Waals surface area contributed by atoms with Gasteiger partial charge in [0.1, 0.15) is 5.75 Å². The van der Waals surface area contributed by atoms with Crippen molar-refractivity contribution >= 4 is 5.91 Å². The summed E-state index contributed by atoms with van der Waals surface area (Å²) < 4.78 is 5.62. The fourth-order valence-electron chi connectivity index (χ4n) is 3.00. The van der Waals surface area contributed by atoms with E-state index >= 15 is 0 Å². The van der Waals surface area contributed by atoms with Crippen molar-refractivity contribution in [2.24, 2.45) is 5.92 Å². The third-order valence-electron chi connectivity index (χ3n) is 4.48. The van der Waals surface area contributed by atoms with Crippen molar-refractivity contribution in [1.82, 2.24) is 9.80 Å². The highest BCUT2D eigenvalue weighted by Gasteiger charge is 2.26. The number of carbonyl (C=O) groups excluding carboxylic acids is 1. The van der Waals surface area contributed by atoms with Gasteiger partial charge in [-0.15, -0.1) is 0 Å². The third-order valence-corrected chi connectivity index (χ3v) is 4.48. The summed E-state index contributed by atoms with van der Waals surface area (Å²) in [7, 11) is 0. The van der Waals surface area contributed by atoms with Crippen LogP contribution in [0.3, 0.4) is 0 Å². The molecule has 4 nitrogen and oxygen atoms in total. The van der Waals surface area contributed by atoms with Crippen molar-refractivity contribution in [2.45, 2.75) is 25.7 Å². The molecule has 3 rings (SSSR count). The van der Waals surface area contributed by atoms with Crippen LogP contribution < -0.4 is 4.74 Å². The zero-order valence-corrected chi connectivity index (χ0v) is 13.2. The molecule has 0 N–H and O–H groups in total. The first-order valence-corrected chi connectivity index (χ1v) is 8.49. The minimum Gasteiger partial charge on any atom is -0.493 e. The van der Waals surface area contributed by atoms with E-state index in [0.717, 1.165) is 44.3 Å². The number of amides is 1. The molecule has 22 heavy (non-hydrogen) atoms. The van der Waals surface area contributed by atoms with E-state index in [4.69, 9.17) is 4.74 Å². The minimum atomic E-state index is 0.226. The maximum absolute atomic E-state index is 12.3. The molecule has 1 saturated heterocycles. The van der Waals surface area contributed by atoms with E-state index in [-0.39, 0.29) is 5.91 Å². The molecule has 0 radical (unpaired) electrons. The molecule has 1 aromatic rings. The van der Waals surface area contributed by atoms with Gasteiger partial charge in [0.05, 0.1) is 13.0 Å². The SMILES string of the molecule is O=C(CCOc1ccccc1)N1CCCN(CC2CC2)CC1. The zero-order valence-electron chi connectivity index (χ0n) is 13.2. The molecule has 1 aliphatic carbocycles. The Kier molecular flexibility index (Phi) is 5.33. The van der Waals surface area contributed by atoms with Crippen LogP contribution in [0.25, 0.3) is 0 Å². The van der Waals surface area contributed by atoms with Crippen LogP contribution in [0.15, 0.2) is 30.3 Å². The third kappa shape index (κ3) is 4.73. The molecule has 1 heterocycles. The second kappa shape index (κ2) is 7.63. The normalized spacial score (nSPS) is 19.7. The summed E-state index contributed by atoms with van der Waals surface area (Å²) in [5, 5.41) is 0. The smallest absolute Gasteiger partial charge is 0.226 e. The van der Waals surface area contributed by atoms with E-state index in [1.807, 2.05) is 35.2 Å². The number of carbonyl (C=O) groups is 1. The lowest BCUT2D eigenvalue weighted by molar-refractivity contribution is -0.131. The lowest BCUT2D eigenvalue weighted by Gasteiger charge is -2.22. The van der Waals surface area contributed by atoms with E-state index in [1.54, 1.807) is 0 Å². The Morgan fingerprint density at radius 1 is 1.09 bits per heavy atom. The van der Waals surface area contributed by atoms with Gasteiger partial charge >= 0.3 is 0 Å². The fraction of sp³-hybridized carbons (Fsp3) is 0.611. The molecular weight excluding hydrogens is 276 g/mol. The molecule has 0 bridgehead atoms. The predicted octanol–water partition coefficient (Wildman–Crippen LogP) is 2.40. The van der Waals surface area contributed by atoms with Crippen LogP contribution in [0, 0.1) is 5.92 Å². The van der Waals surface area contributed by atoms with E-state index in [0.29, 0.717) is 13.0 Å². The fourth-order valence-corrected chi connectivity index (χ4v) is 3.00. The van der Waals surface area contributed by atoms with Crippen molar-refractivity contribution in [2.75, 3.05) is 39.3 Å². The Hall–Kier alpha value is -1.55. The summed E-state index contributed by atoms with van der Waals surface area (Å²) in [6.07, 6.45) is 4.36. The molecule has 1 amide bonds. The van der Waals surface area contributed by atoms with Crippen LogP contribution in [-0.2, 0) is 4.79 Å². The largest absolute Gasteiger partial charge is 0.493 e. The van der Waals surface area contributed by atoms with Crippen LogP contribution >= 0.6 is 0 Å². The molecule has 2 aliphatic rings. The highest BCUT2D eigenvalue weighted by atomic mass is 16.5. The van der Waals surface area contributed by atoms with E-state index in [2.05, 4.69) is 4.90 Å². The lowest BCUT2D eigenvalue weighted by atomic mass is 10.3. The molecule has 0 spiro atoms. The first-order chi connectivity index (χ1) is 10.8. The second-order valence-corrected chi connectivity index (χ2v) is 6.39. The quantitative estimate of drug-likeness (QED) is 0.809. The van der Waals surface area contributed by atoms with Crippen LogP contribution in [-0.4, -0.2) is 55.0 Å². The van der Waals surface area contributed by atoms with Gasteiger partial charge in [-0.3, -0.25) is 4.79 Å². The van der Waals surface area contributed by atoms with Gasteiger partial charge in [-0.1, -0.05) is 18.2 Å². The van der Waals surface area contributed by atoms with Crippen molar-refractivity contribution < 1.29 is 9.53 Å². The van der Waals surface area contributed by atoms with Gasteiger partial charge in [0.15, 0.2) is 0 Å². The molecule has 1 aliphatic heterocycles. The predicted molar refractivity (Wildman–Crippen MR) is 86.9 cm³/mol.